The molecule has 0 saturated carbocycles. The Labute approximate surface area is 143 Å². The van der Waals surface area contributed by atoms with Crippen LogP contribution in [0.3, 0.4) is 0 Å². The molecule has 0 N–H and O–H groups in total. The summed E-state index contributed by atoms with van der Waals surface area (Å²) < 4.78 is 16.1. The number of rotatable bonds is 5. The van der Waals surface area contributed by atoms with Crippen molar-refractivity contribution in [3.05, 3.63) is 23.8 Å². The summed E-state index contributed by atoms with van der Waals surface area (Å²) in [6.07, 6.45) is 0.851. The van der Waals surface area contributed by atoms with Crippen LogP contribution in [0.2, 0.25) is 0 Å². The highest BCUT2D eigenvalue weighted by Crippen LogP contribution is 2.26. The van der Waals surface area contributed by atoms with E-state index in [0.29, 0.717) is 0 Å². The minimum Gasteiger partial charge on any atom is -0.497 e. The van der Waals surface area contributed by atoms with Crippen LogP contribution in [0.1, 0.15) is 18.9 Å². The number of hydrogen-bond donors (Lipinski definition) is 0. The number of methoxy groups -OCH3 is 2. The van der Waals surface area contributed by atoms with E-state index in [2.05, 4.69) is 9.80 Å². The molecule has 0 aliphatic carbocycles. The topological polar surface area (TPSA) is 51.2 Å². The number of esters is 1. The van der Waals surface area contributed by atoms with E-state index in [1.54, 1.807) is 14.2 Å². The van der Waals surface area contributed by atoms with Gasteiger partial charge in [-0.15, -0.1) is 0 Å². The molecular weight excluding hydrogens is 308 g/mol. The Morgan fingerprint density at radius 3 is 2.50 bits per heavy atom. The Morgan fingerprint density at radius 2 is 1.92 bits per heavy atom. The molecule has 1 aromatic rings. The van der Waals surface area contributed by atoms with Crippen LogP contribution in [0.5, 0.6) is 11.5 Å². The fraction of sp³-hybridized carbons (Fsp3) is 0.611. The minimum absolute atomic E-state index is 0.0431. The van der Waals surface area contributed by atoms with E-state index >= 15 is 0 Å². The molecule has 2 heterocycles. The number of hydrogen-bond acceptors (Lipinski definition) is 6. The van der Waals surface area contributed by atoms with Crippen molar-refractivity contribution in [1.82, 2.24) is 9.80 Å². The summed E-state index contributed by atoms with van der Waals surface area (Å²) in [5.41, 5.74) is 1.12. The maximum atomic E-state index is 11.9. The summed E-state index contributed by atoms with van der Waals surface area (Å²) >= 11 is 0. The molecule has 2 aliphatic heterocycles. The number of benzene rings is 1. The maximum absolute atomic E-state index is 11.9. The lowest BCUT2D eigenvalue weighted by atomic mass is 10.1. The molecule has 0 radical (unpaired) electrons. The number of carbonyl (C=O) groups excluding carboxylic acids is 1. The van der Waals surface area contributed by atoms with E-state index in [4.69, 9.17) is 14.2 Å². The van der Waals surface area contributed by atoms with Gasteiger partial charge in [-0.25, -0.2) is 0 Å². The van der Waals surface area contributed by atoms with Gasteiger partial charge in [-0.05, 0) is 25.1 Å². The molecule has 2 atom stereocenters. The molecule has 2 fully saturated rings. The fourth-order valence-electron chi connectivity index (χ4n) is 3.51. The van der Waals surface area contributed by atoms with Crippen molar-refractivity contribution in [1.29, 1.82) is 0 Å². The first-order chi connectivity index (χ1) is 11.6. The highest BCUT2D eigenvalue weighted by Gasteiger charge is 2.37. The maximum Gasteiger partial charge on any atom is 0.323 e. The van der Waals surface area contributed by atoms with Gasteiger partial charge in [0.1, 0.15) is 23.6 Å². The Morgan fingerprint density at radius 1 is 1.17 bits per heavy atom. The van der Waals surface area contributed by atoms with Gasteiger partial charge in [-0.1, -0.05) is 0 Å². The van der Waals surface area contributed by atoms with Gasteiger partial charge >= 0.3 is 5.97 Å². The lowest BCUT2D eigenvalue weighted by Crippen LogP contribution is -2.51. The predicted molar refractivity (Wildman–Crippen MR) is 90.4 cm³/mol. The van der Waals surface area contributed by atoms with Crippen LogP contribution >= 0.6 is 0 Å². The minimum atomic E-state index is -0.0644. The van der Waals surface area contributed by atoms with E-state index in [1.807, 2.05) is 25.1 Å². The molecule has 2 saturated heterocycles. The number of carbonyl (C=O) groups is 1. The number of piperazine rings is 1. The van der Waals surface area contributed by atoms with Gasteiger partial charge in [0.25, 0.3) is 0 Å². The van der Waals surface area contributed by atoms with E-state index in [1.165, 1.54) is 0 Å². The lowest BCUT2D eigenvalue weighted by molar-refractivity contribution is -0.145. The fourth-order valence-corrected chi connectivity index (χ4v) is 3.51. The van der Waals surface area contributed by atoms with Gasteiger partial charge in [-0.3, -0.25) is 14.6 Å². The van der Waals surface area contributed by atoms with Crippen molar-refractivity contribution >= 4 is 5.97 Å². The molecule has 0 spiro atoms. The Bertz CT molecular complexity index is 584. The van der Waals surface area contributed by atoms with Gasteiger partial charge in [0.05, 0.1) is 14.2 Å². The quantitative estimate of drug-likeness (QED) is 0.761. The monoisotopic (exact) mass is 334 g/mol. The molecule has 6 heteroatoms. The summed E-state index contributed by atoms with van der Waals surface area (Å²) in [6, 6.07) is 5.82. The second-order valence-electron chi connectivity index (χ2n) is 6.49. The second kappa shape index (κ2) is 7.40. The van der Waals surface area contributed by atoms with E-state index in [9.17, 15) is 4.79 Å². The molecule has 2 aliphatic rings. The Kier molecular flexibility index (Phi) is 5.26. The van der Waals surface area contributed by atoms with Crippen LogP contribution in [-0.2, 0) is 16.1 Å². The molecule has 0 amide bonds. The SMILES string of the molecule is COc1ccc(OC)c(CN2CCN(C3CC(C)OC3=O)CC2)c1. The summed E-state index contributed by atoms with van der Waals surface area (Å²) in [4.78, 5) is 16.5. The standard InChI is InChI=1S/C18H26N2O4/c1-13-10-16(18(21)24-13)20-8-6-19(7-9-20)12-14-11-15(22-2)4-5-17(14)23-3/h4-5,11,13,16H,6-10,12H2,1-3H3. The van der Waals surface area contributed by atoms with Gasteiger partial charge < -0.3 is 14.2 Å². The molecule has 2 unspecified atom stereocenters. The summed E-state index contributed by atoms with van der Waals surface area (Å²) in [5, 5.41) is 0. The molecule has 3 rings (SSSR count). The average molecular weight is 334 g/mol. The highest BCUT2D eigenvalue weighted by molar-refractivity contribution is 5.78. The van der Waals surface area contributed by atoms with Crippen molar-refractivity contribution in [2.45, 2.75) is 32.0 Å². The van der Waals surface area contributed by atoms with Gasteiger partial charge in [0.2, 0.25) is 0 Å². The van der Waals surface area contributed by atoms with Crippen LogP contribution in [0.15, 0.2) is 18.2 Å². The largest absolute Gasteiger partial charge is 0.497 e. The van der Waals surface area contributed by atoms with Crippen LogP contribution in [0, 0.1) is 0 Å². The number of nitrogens with zero attached hydrogens (tertiary/aromatic N) is 2. The third-order valence-corrected chi connectivity index (χ3v) is 4.87. The zero-order valence-corrected chi connectivity index (χ0v) is 14.7. The zero-order chi connectivity index (χ0) is 17.1. The van der Waals surface area contributed by atoms with E-state index in [0.717, 1.165) is 56.2 Å². The van der Waals surface area contributed by atoms with Crippen molar-refractivity contribution in [3.63, 3.8) is 0 Å². The van der Waals surface area contributed by atoms with E-state index in [-0.39, 0.29) is 18.1 Å². The van der Waals surface area contributed by atoms with Crippen molar-refractivity contribution in [3.8, 4) is 11.5 Å². The first-order valence-corrected chi connectivity index (χ1v) is 8.48. The molecule has 0 aromatic heterocycles. The summed E-state index contributed by atoms with van der Waals surface area (Å²) in [7, 11) is 3.36. The third kappa shape index (κ3) is 3.65. The third-order valence-electron chi connectivity index (χ3n) is 4.87. The molecule has 1 aromatic carbocycles. The molecule has 0 bridgehead atoms. The zero-order valence-electron chi connectivity index (χ0n) is 14.7. The lowest BCUT2D eigenvalue weighted by Gasteiger charge is -2.36. The van der Waals surface area contributed by atoms with Gasteiger partial charge in [0.15, 0.2) is 0 Å². The van der Waals surface area contributed by atoms with Crippen LogP contribution in [0.4, 0.5) is 0 Å². The van der Waals surface area contributed by atoms with Crippen LogP contribution in [-0.4, -0.2) is 68.3 Å². The smallest absolute Gasteiger partial charge is 0.323 e. The van der Waals surface area contributed by atoms with Gasteiger partial charge in [0, 0.05) is 44.7 Å². The van der Waals surface area contributed by atoms with Crippen molar-refractivity contribution in [2.24, 2.45) is 0 Å². The molecule has 6 nitrogen and oxygen atoms in total. The predicted octanol–water partition coefficient (Wildman–Crippen LogP) is 1.53. The average Bonchev–Trinajstić information content (AvgIpc) is 2.94. The Hall–Kier alpha value is -1.79. The number of ether oxygens (including phenoxy) is 3. The first-order valence-electron chi connectivity index (χ1n) is 8.48. The summed E-state index contributed by atoms with van der Waals surface area (Å²) in [6.45, 7) is 6.41. The van der Waals surface area contributed by atoms with Gasteiger partial charge in [-0.2, -0.15) is 0 Å². The van der Waals surface area contributed by atoms with Crippen molar-refractivity contribution < 1.29 is 19.0 Å². The highest BCUT2D eigenvalue weighted by atomic mass is 16.6. The molecular formula is C18H26N2O4. The molecule has 132 valence electrons. The second-order valence-corrected chi connectivity index (χ2v) is 6.49. The van der Waals surface area contributed by atoms with Crippen molar-refractivity contribution in [2.75, 3.05) is 40.4 Å². The first kappa shape index (κ1) is 17.0. The van der Waals surface area contributed by atoms with E-state index < -0.39 is 0 Å². The Balaban J connectivity index is 1.58. The summed E-state index contributed by atoms with van der Waals surface area (Å²) in [5.74, 6) is 1.66. The van der Waals surface area contributed by atoms with Crippen LogP contribution < -0.4 is 9.47 Å². The normalized spacial score (nSPS) is 25.5. The number of cyclic esters (lactones) is 1. The van der Waals surface area contributed by atoms with Crippen LogP contribution in [0.25, 0.3) is 0 Å². The molecule has 24 heavy (non-hydrogen) atoms.